The second kappa shape index (κ2) is 8.74. The number of carbonyl (C=O) groups excluding carboxylic acids is 1. The summed E-state index contributed by atoms with van der Waals surface area (Å²) < 4.78 is 12.7. The van der Waals surface area contributed by atoms with Crippen LogP contribution in [0.1, 0.15) is 64.5 Å². The summed E-state index contributed by atoms with van der Waals surface area (Å²) in [5.74, 6) is 2.18. The SMILES string of the molecule is CCC(=O)N[C@H]1C(C)(C)[C@@H]2C[C@@H]3[C@@H](c4ccccc4OCCCN(C)C)OCC[C@@]31C2. The van der Waals surface area contributed by atoms with Crippen LogP contribution in [0.3, 0.4) is 0 Å². The fourth-order valence-electron chi connectivity index (χ4n) is 6.77. The van der Waals surface area contributed by atoms with E-state index in [1.165, 1.54) is 18.4 Å². The number of nitrogens with zero attached hydrogens (tertiary/aromatic N) is 1. The maximum atomic E-state index is 12.4. The Bertz CT molecular complexity index is 793. The molecule has 0 radical (unpaired) electrons. The summed E-state index contributed by atoms with van der Waals surface area (Å²) in [5.41, 5.74) is 1.44. The maximum Gasteiger partial charge on any atom is 0.219 e. The van der Waals surface area contributed by atoms with E-state index in [1.54, 1.807) is 0 Å². The Hall–Kier alpha value is -1.59. The van der Waals surface area contributed by atoms with E-state index >= 15 is 0 Å². The first-order valence-electron chi connectivity index (χ1n) is 12.1. The Kier molecular flexibility index (Phi) is 6.37. The number of benzene rings is 1. The first-order chi connectivity index (χ1) is 14.8. The quantitative estimate of drug-likeness (QED) is 0.623. The van der Waals surface area contributed by atoms with Crippen LogP contribution in [0.4, 0.5) is 0 Å². The van der Waals surface area contributed by atoms with E-state index in [1.807, 2.05) is 6.92 Å². The highest BCUT2D eigenvalue weighted by molar-refractivity contribution is 5.76. The monoisotopic (exact) mass is 428 g/mol. The minimum atomic E-state index is 0.0425. The molecule has 2 saturated carbocycles. The fourth-order valence-corrected chi connectivity index (χ4v) is 6.77. The predicted octanol–water partition coefficient (Wildman–Crippen LogP) is 4.43. The summed E-state index contributed by atoms with van der Waals surface area (Å²) in [6.07, 6.45) is 4.99. The van der Waals surface area contributed by atoms with E-state index in [-0.39, 0.29) is 28.9 Å². The van der Waals surface area contributed by atoms with E-state index in [0.29, 0.717) is 24.9 Å². The van der Waals surface area contributed by atoms with E-state index in [2.05, 4.69) is 62.4 Å². The minimum Gasteiger partial charge on any atom is -0.493 e. The minimum absolute atomic E-state index is 0.0425. The van der Waals surface area contributed by atoms with Gasteiger partial charge in [0, 0.05) is 31.2 Å². The molecule has 1 heterocycles. The lowest BCUT2D eigenvalue weighted by molar-refractivity contribution is -0.137. The highest BCUT2D eigenvalue weighted by Crippen LogP contribution is 2.70. The summed E-state index contributed by atoms with van der Waals surface area (Å²) in [5, 5.41) is 3.45. The number of carbonyl (C=O) groups is 1. The Morgan fingerprint density at radius 1 is 1.29 bits per heavy atom. The summed E-state index contributed by atoms with van der Waals surface area (Å²) in [6, 6.07) is 8.64. The van der Waals surface area contributed by atoms with Crippen molar-refractivity contribution in [2.75, 3.05) is 33.9 Å². The lowest BCUT2D eigenvalue weighted by Gasteiger charge is -2.53. The van der Waals surface area contributed by atoms with Crippen molar-refractivity contribution in [3.05, 3.63) is 29.8 Å². The van der Waals surface area contributed by atoms with Crippen molar-refractivity contribution in [3.8, 4) is 5.75 Å². The van der Waals surface area contributed by atoms with Gasteiger partial charge in [-0.2, -0.15) is 0 Å². The van der Waals surface area contributed by atoms with Gasteiger partial charge in [-0.1, -0.05) is 39.0 Å². The molecule has 3 aliphatic rings. The second-order valence-corrected chi connectivity index (χ2v) is 10.7. The lowest BCUT2D eigenvalue weighted by atomic mass is 9.58. The molecule has 3 fully saturated rings. The summed E-state index contributed by atoms with van der Waals surface area (Å²) >= 11 is 0. The zero-order chi connectivity index (χ0) is 22.2. The van der Waals surface area contributed by atoms with Crippen molar-refractivity contribution in [1.29, 1.82) is 0 Å². The highest BCUT2D eigenvalue weighted by Gasteiger charge is 2.68. The Labute approximate surface area is 187 Å². The van der Waals surface area contributed by atoms with Gasteiger partial charge in [0.2, 0.25) is 5.91 Å². The average molecular weight is 429 g/mol. The standard InChI is InChI=1S/C26H40N2O3/c1-6-22(29)27-24-25(2,3)18-16-20-23(31-15-12-26(20,24)17-18)19-10-7-8-11-21(19)30-14-9-13-28(4)5/h7-8,10-11,18,20,23-24H,6,9,12-17H2,1-5H3,(H,27,29)/t18-,20-,23-,24+,26-/m1/s1. The molecule has 1 saturated heterocycles. The molecule has 2 bridgehead atoms. The Morgan fingerprint density at radius 3 is 2.81 bits per heavy atom. The number of nitrogens with one attached hydrogen (secondary N) is 1. The highest BCUT2D eigenvalue weighted by atomic mass is 16.5. The van der Waals surface area contributed by atoms with Crippen molar-refractivity contribution in [2.45, 2.75) is 65.0 Å². The summed E-state index contributed by atoms with van der Waals surface area (Å²) in [4.78, 5) is 14.6. The smallest absolute Gasteiger partial charge is 0.219 e. The molecule has 5 heteroatoms. The van der Waals surface area contributed by atoms with Gasteiger partial charge in [0.15, 0.2) is 0 Å². The molecular weight excluding hydrogens is 388 g/mol. The van der Waals surface area contributed by atoms with Crippen LogP contribution in [-0.2, 0) is 9.53 Å². The van der Waals surface area contributed by atoms with Crippen molar-refractivity contribution in [2.24, 2.45) is 22.7 Å². The van der Waals surface area contributed by atoms with Gasteiger partial charge in [-0.15, -0.1) is 0 Å². The molecule has 1 amide bonds. The van der Waals surface area contributed by atoms with Crippen molar-refractivity contribution in [3.63, 3.8) is 0 Å². The molecule has 0 unspecified atom stereocenters. The van der Waals surface area contributed by atoms with Crippen LogP contribution in [0.5, 0.6) is 5.75 Å². The molecule has 0 aromatic heterocycles. The van der Waals surface area contributed by atoms with Gasteiger partial charge in [0.1, 0.15) is 5.75 Å². The topological polar surface area (TPSA) is 50.8 Å². The number of hydrogen-bond donors (Lipinski definition) is 1. The molecule has 1 aromatic rings. The van der Waals surface area contributed by atoms with Crippen LogP contribution >= 0.6 is 0 Å². The molecule has 5 nitrogen and oxygen atoms in total. The van der Waals surface area contributed by atoms with E-state index in [9.17, 15) is 4.79 Å². The first-order valence-corrected chi connectivity index (χ1v) is 12.1. The fraction of sp³-hybridized carbons (Fsp3) is 0.731. The molecule has 1 spiro atoms. The van der Waals surface area contributed by atoms with Crippen LogP contribution in [0, 0.1) is 22.7 Å². The number of ether oxygens (including phenoxy) is 2. The molecule has 1 aromatic carbocycles. The third kappa shape index (κ3) is 4.00. The lowest BCUT2D eigenvalue weighted by Crippen LogP contribution is -2.58. The molecule has 31 heavy (non-hydrogen) atoms. The largest absolute Gasteiger partial charge is 0.493 e. The number of para-hydroxylation sites is 1. The van der Waals surface area contributed by atoms with Crippen LogP contribution in [0.25, 0.3) is 0 Å². The predicted molar refractivity (Wildman–Crippen MR) is 123 cm³/mol. The van der Waals surface area contributed by atoms with Crippen LogP contribution in [-0.4, -0.2) is 50.7 Å². The average Bonchev–Trinajstić information content (AvgIpc) is 3.23. The third-order valence-corrected chi connectivity index (χ3v) is 8.36. The van der Waals surface area contributed by atoms with Crippen molar-refractivity contribution < 1.29 is 14.3 Å². The summed E-state index contributed by atoms with van der Waals surface area (Å²) in [6.45, 7) is 9.13. The van der Waals surface area contributed by atoms with Gasteiger partial charge < -0.3 is 19.7 Å². The first kappa shape index (κ1) is 22.6. The molecule has 4 rings (SSSR count). The molecule has 1 aliphatic heterocycles. The van der Waals surface area contributed by atoms with E-state index in [4.69, 9.17) is 9.47 Å². The normalized spacial score (nSPS) is 33.4. The van der Waals surface area contributed by atoms with Gasteiger partial charge in [-0.3, -0.25) is 4.79 Å². The second-order valence-electron chi connectivity index (χ2n) is 10.7. The van der Waals surface area contributed by atoms with Gasteiger partial charge in [-0.05, 0) is 68.5 Å². The van der Waals surface area contributed by atoms with Gasteiger partial charge in [0.05, 0.1) is 12.7 Å². The number of fused-ring (bicyclic) bond motifs is 1. The van der Waals surface area contributed by atoms with E-state index < -0.39 is 0 Å². The number of rotatable bonds is 8. The molecule has 1 N–H and O–H groups in total. The molecular formula is C26H40N2O3. The summed E-state index contributed by atoms with van der Waals surface area (Å²) in [7, 11) is 4.18. The third-order valence-electron chi connectivity index (χ3n) is 8.36. The van der Waals surface area contributed by atoms with Crippen molar-refractivity contribution in [1.82, 2.24) is 10.2 Å². The Morgan fingerprint density at radius 2 is 2.06 bits per heavy atom. The molecule has 172 valence electrons. The number of hydrogen-bond acceptors (Lipinski definition) is 4. The van der Waals surface area contributed by atoms with Gasteiger partial charge >= 0.3 is 0 Å². The number of amides is 1. The van der Waals surface area contributed by atoms with Crippen LogP contribution < -0.4 is 10.1 Å². The van der Waals surface area contributed by atoms with Gasteiger partial charge in [-0.25, -0.2) is 0 Å². The van der Waals surface area contributed by atoms with Crippen LogP contribution in [0.2, 0.25) is 0 Å². The van der Waals surface area contributed by atoms with E-state index in [0.717, 1.165) is 31.7 Å². The van der Waals surface area contributed by atoms with Crippen LogP contribution in [0.15, 0.2) is 24.3 Å². The van der Waals surface area contributed by atoms with Crippen molar-refractivity contribution >= 4 is 5.91 Å². The maximum absolute atomic E-state index is 12.4. The molecule has 5 atom stereocenters. The molecule has 2 aliphatic carbocycles. The zero-order valence-electron chi connectivity index (χ0n) is 19.9. The Balaban J connectivity index is 1.58. The van der Waals surface area contributed by atoms with Gasteiger partial charge in [0.25, 0.3) is 0 Å². The zero-order valence-corrected chi connectivity index (χ0v) is 19.9.